The largest absolute Gasteiger partial charge is 0.469 e. The zero-order valence-electron chi connectivity index (χ0n) is 13.4. The second-order valence-corrected chi connectivity index (χ2v) is 7.33. The van der Waals surface area contributed by atoms with Gasteiger partial charge < -0.3 is 4.74 Å². The van der Waals surface area contributed by atoms with E-state index in [4.69, 9.17) is 4.74 Å². The summed E-state index contributed by atoms with van der Waals surface area (Å²) in [5.41, 5.74) is 0. The first-order valence-corrected chi connectivity index (χ1v) is 9.20. The zero-order valence-corrected chi connectivity index (χ0v) is 14.2. The second-order valence-electron chi connectivity index (χ2n) is 5.45. The Morgan fingerprint density at radius 1 is 1.24 bits per heavy atom. The van der Waals surface area contributed by atoms with Gasteiger partial charge in [-0.2, -0.15) is 17.0 Å². The number of nitrogens with zero attached hydrogens (tertiary/aromatic N) is 2. The van der Waals surface area contributed by atoms with E-state index in [-0.39, 0.29) is 18.4 Å². The van der Waals surface area contributed by atoms with E-state index >= 15 is 0 Å². The minimum Gasteiger partial charge on any atom is -0.469 e. The molecule has 0 aromatic heterocycles. The fourth-order valence-electron chi connectivity index (χ4n) is 2.75. The first kappa shape index (κ1) is 18.4. The van der Waals surface area contributed by atoms with Gasteiger partial charge in [-0.1, -0.05) is 20.3 Å². The Hall–Kier alpha value is -0.660. The molecule has 0 saturated carbocycles. The van der Waals surface area contributed by atoms with Gasteiger partial charge in [-0.3, -0.25) is 4.79 Å². The Bertz CT molecular complexity index is 419. The van der Waals surface area contributed by atoms with Crippen molar-refractivity contribution in [3.8, 4) is 0 Å². The van der Waals surface area contributed by atoms with Gasteiger partial charge in [-0.25, -0.2) is 0 Å². The summed E-state index contributed by atoms with van der Waals surface area (Å²) in [6.07, 6.45) is 4.24. The number of rotatable bonds is 8. The molecule has 7 heteroatoms. The Balaban J connectivity index is 2.91. The average molecular weight is 320 g/mol. The van der Waals surface area contributed by atoms with E-state index in [1.165, 1.54) is 11.4 Å². The van der Waals surface area contributed by atoms with Crippen molar-refractivity contribution in [1.29, 1.82) is 0 Å². The summed E-state index contributed by atoms with van der Waals surface area (Å²) >= 11 is 0. The lowest BCUT2D eigenvalue weighted by molar-refractivity contribution is -0.141. The topological polar surface area (TPSA) is 66.9 Å². The van der Waals surface area contributed by atoms with Crippen molar-refractivity contribution in [2.45, 2.75) is 58.4 Å². The summed E-state index contributed by atoms with van der Waals surface area (Å²) in [4.78, 5) is 11.5. The predicted octanol–water partition coefficient (Wildman–Crippen LogP) is 1.77. The van der Waals surface area contributed by atoms with Crippen LogP contribution in [0.2, 0.25) is 0 Å². The van der Waals surface area contributed by atoms with E-state index in [9.17, 15) is 13.2 Å². The summed E-state index contributed by atoms with van der Waals surface area (Å²) in [5, 5.41) is 0. The fourth-order valence-corrected chi connectivity index (χ4v) is 4.79. The molecule has 0 aromatic rings. The van der Waals surface area contributed by atoms with Gasteiger partial charge in [-0.15, -0.1) is 0 Å². The van der Waals surface area contributed by atoms with Crippen molar-refractivity contribution < 1.29 is 17.9 Å². The summed E-state index contributed by atoms with van der Waals surface area (Å²) in [6.45, 7) is 5.49. The molecule has 1 atom stereocenters. The minimum absolute atomic E-state index is 0.141. The second kappa shape index (κ2) is 8.70. The highest BCUT2D eigenvalue weighted by Crippen LogP contribution is 2.25. The molecule has 1 aliphatic rings. The molecule has 1 unspecified atom stereocenters. The van der Waals surface area contributed by atoms with Gasteiger partial charge in [0.05, 0.1) is 13.5 Å². The number of hydrogen-bond donors (Lipinski definition) is 0. The Labute approximate surface area is 128 Å². The van der Waals surface area contributed by atoms with Crippen molar-refractivity contribution >= 4 is 16.2 Å². The number of ether oxygens (including phenoxy) is 1. The van der Waals surface area contributed by atoms with E-state index in [0.717, 1.165) is 32.1 Å². The van der Waals surface area contributed by atoms with Gasteiger partial charge in [0.2, 0.25) is 0 Å². The van der Waals surface area contributed by atoms with Crippen LogP contribution in [0.4, 0.5) is 0 Å². The number of methoxy groups -OCH3 is 1. The first-order valence-electron chi connectivity index (χ1n) is 7.81. The van der Waals surface area contributed by atoms with Crippen LogP contribution < -0.4 is 0 Å². The maximum atomic E-state index is 12.8. The summed E-state index contributed by atoms with van der Waals surface area (Å²) in [7, 11) is -2.15. The highest BCUT2D eigenvalue weighted by molar-refractivity contribution is 7.86. The quantitative estimate of drug-likeness (QED) is 0.639. The van der Waals surface area contributed by atoms with Crippen LogP contribution in [0.3, 0.4) is 0 Å². The molecule has 0 aromatic carbocycles. The van der Waals surface area contributed by atoms with Gasteiger partial charge in [-0.05, 0) is 25.7 Å². The number of carbonyl (C=O) groups is 1. The van der Waals surface area contributed by atoms with E-state index in [1.807, 2.05) is 13.8 Å². The molecular formula is C14H28N2O4S. The first-order chi connectivity index (χ1) is 9.97. The SMILES string of the molecule is CCCN(CCC)S(=O)(=O)N1CCCCC1CC(=O)OC. The molecule has 0 aliphatic carbocycles. The molecule has 0 radical (unpaired) electrons. The summed E-state index contributed by atoms with van der Waals surface area (Å²) in [6, 6.07) is -0.271. The maximum absolute atomic E-state index is 12.8. The van der Waals surface area contributed by atoms with Crippen molar-refractivity contribution in [2.75, 3.05) is 26.7 Å². The molecule has 0 spiro atoms. The van der Waals surface area contributed by atoms with Crippen LogP contribution in [0.5, 0.6) is 0 Å². The van der Waals surface area contributed by atoms with Crippen molar-refractivity contribution in [3.05, 3.63) is 0 Å². The Kier molecular flexibility index (Phi) is 7.62. The van der Waals surface area contributed by atoms with Gasteiger partial charge in [0.1, 0.15) is 0 Å². The van der Waals surface area contributed by atoms with E-state index in [1.54, 1.807) is 4.31 Å². The molecule has 1 saturated heterocycles. The molecule has 6 nitrogen and oxygen atoms in total. The third kappa shape index (κ3) is 4.93. The van der Waals surface area contributed by atoms with Crippen LogP contribution >= 0.6 is 0 Å². The van der Waals surface area contributed by atoms with Gasteiger partial charge in [0.25, 0.3) is 10.2 Å². The minimum atomic E-state index is -3.49. The molecule has 21 heavy (non-hydrogen) atoms. The fraction of sp³-hybridized carbons (Fsp3) is 0.929. The predicted molar refractivity (Wildman–Crippen MR) is 82.1 cm³/mol. The van der Waals surface area contributed by atoms with Crippen LogP contribution in [0.25, 0.3) is 0 Å². The third-order valence-electron chi connectivity index (χ3n) is 3.77. The normalized spacial score (nSPS) is 20.7. The average Bonchev–Trinajstić information content (AvgIpc) is 2.47. The van der Waals surface area contributed by atoms with Crippen molar-refractivity contribution in [1.82, 2.24) is 8.61 Å². The summed E-state index contributed by atoms with van der Waals surface area (Å²) < 4.78 is 33.4. The van der Waals surface area contributed by atoms with Crippen LogP contribution in [-0.4, -0.2) is 55.8 Å². The lowest BCUT2D eigenvalue weighted by atomic mass is 10.0. The number of hydrogen-bond acceptors (Lipinski definition) is 4. The van der Waals surface area contributed by atoms with Crippen LogP contribution in [-0.2, 0) is 19.7 Å². The van der Waals surface area contributed by atoms with Crippen LogP contribution in [0.1, 0.15) is 52.4 Å². The lowest BCUT2D eigenvalue weighted by Crippen LogP contribution is -2.51. The standard InChI is InChI=1S/C14H28N2O4S/c1-4-9-15(10-5-2)21(18,19)16-11-7-6-8-13(16)12-14(17)20-3/h13H,4-12H2,1-3H3. The third-order valence-corrected chi connectivity index (χ3v) is 5.86. The highest BCUT2D eigenvalue weighted by atomic mass is 32.2. The molecule has 0 N–H and O–H groups in total. The monoisotopic (exact) mass is 320 g/mol. The molecular weight excluding hydrogens is 292 g/mol. The molecule has 1 rings (SSSR count). The maximum Gasteiger partial charge on any atom is 0.307 e. The summed E-state index contributed by atoms with van der Waals surface area (Å²) in [5.74, 6) is -0.348. The molecule has 124 valence electrons. The zero-order chi connectivity index (χ0) is 15.9. The Morgan fingerprint density at radius 3 is 2.38 bits per heavy atom. The van der Waals surface area contributed by atoms with E-state index in [2.05, 4.69) is 0 Å². The molecule has 0 amide bonds. The molecule has 1 heterocycles. The van der Waals surface area contributed by atoms with Crippen LogP contribution in [0.15, 0.2) is 0 Å². The van der Waals surface area contributed by atoms with Crippen molar-refractivity contribution in [3.63, 3.8) is 0 Å². The van der Waals surface area contributed by atoms with E-state index in [0.29, 0.717) is 19.6 Å². The van der Waals surface area contributed by atoms with Crippen molar-refractivity contribution in [2.24, 2.45) is 0 Å². The number of piperidine rings is 1. The van der Waals surface area contributed by atoms with E-state index < -0.39 is 10.2 Å². The Morgan fingerprint density at radius 2 is 1.86 bits per heavy atom. The van der Waals surface area contributed by atoms with Gasteiger partial charge >= 0.3 is 5.97 Å². The molecule has 1 aliphatic heterocycles. The molecule has 0 bridgehead atoms. The number of carbonyl (C=O) groups excluding carboxylic acids is 1. The van der Waals surface area contributed by atoms with Gasteiger partial charge in [0.15, 0.2) is 0 Å². The highest BCUT2D eigenvalue weighted by Gasteiger charge is 2.36. The lowest BCUT2D eigenvalue weighted by Gasteiger charge is -2.37. The smallest absolute Gasteiger partial charge is 0.307 e. The number of esters is 1. The molecule has 1 fully saturated rings. The van der Waals surface area contributed by atoms with Crippen LogP contribution in [0, 0.1) is 0 Å². The van der Waals surface area contributed by atoms with Gasteiger partial charge in [0, 0.05) is 25.7 Å².